The Morgan fingerprint density at radius 2 is 1.74 bits per heavy atom. The number of halogens is 2. The van der Waals surface area contributed by atoms with Gasteiger partial charge in [-0.15, -0.1) is 12.4 Å². The van der Waals surface area contributed by atoms with Gasteiger partial charge in [-0.3, -0.25) is 0 Å². The number of ether oxygens (including phenoxy) is 2. The lowest BCUT2D eigenvalue weighted by Crippen LogP contribution is -2.14. The standard InChI is InChI=1S/C22H30ClNO2.ClH/c1-3-5-6-9-14-24-16-18-12-13-21(22(15-18)25-4-2)26-17-19-10-7-8-11-20(19)23;/h7-8,10-13,15,24H,3-6,9,14,16-17H2,1-2H3;1H. The van der Waals surface area contributed by atoms with Crippen molar-refractivity contribution in [2.75, 3.05) is 13.2 Å². The van der Waals surface area contributed by atoms with Gasteiger partial charge in [0.25, 0.3) is 0 Å². The maximum absolute atomic E-state index is 6.20. The summed E-state index contributed by atoms with van der Waals surface area (Å²) in [6, 6.07) is 13.9. The van der Waals surface area contributed by atoms with E-state index < -0.39 is 0 Å². The molecule has 0 heterocycles. The smallest absolute Gasteiger partial charge is 0.161 e. The third-order valence-electron chi connectivity index (χ3n) is 4.19. The quantitative estimate of drug-likeness (QED) is 0.409. The fourth-order valence-electron chi connectivity index (χ4n) is 2.73. The van der Waals surface area contributed by atoms with Crippen LogP contribution in [-0.4, -0.2) is 13.2 Å². The lowest BCUT2D eigenvalue weighted by molar-refractivity contribution is 0.269. The second-order valence-electron chi connectivity index (χ2n) is 6.33. The minimum atomic E-state index is 0. The fraction of sp³-hybridized carbons (Fsp3) is 0.455. The van der Waals surface area contributed by atoms with E-state index in [1.807, 2.05) is 37.3 Å². The van der Waals surface area contributed by atoms with Crippen molar-refractivity contribution >= 4 is 24.0 Å². The molecule has 0 aliphatic rings. The molecule has 27 heavy (non-hydrogen) atoms. The maximum Gasteiger partial charge on any atom is 0.161 e. The van der Waals surface area contributed by atoms with Crippen molar-refractivity contribution < 1.29 is 9.47 Å². The Kier molecular flexibility index (Phi) is 12.0. The van der Waals surface area contributed by atoms with Crippen LogP contribution in [0.15, 0.2) is 42.5 Å². The van der Waals surface area contributed by atoms with Crippen molar-refractivity contribution in [2.45, 2.75) is 52.7 Å². The molecular formula is C22H31Cl2NO2. The summed E-state index contributed by atoms with van der Waals surface area (Å²) in [5.74, 6) is 1.53. The van der Waals surface area contributed by atoms with Gasteiger partial charge in [0.15, 0.2) is 11.5 Å². The average Bonchev–Trinajstić information content (AvgIpc) is 2.65. The Hall–Kier alpha value is -1.42. The maximum atomic E-state index is 6.20. The first-order valence-electron chi connectivity index (χ1n) is 9.57. The summed E-state index contributed by atoms with van der Waals surface area (Å²) in [6.45, 7) is 7.14. The molecule has 3 nitrogen and oxygen atoms in total. The molecule has 0 fully saturated rings. The molecule has 0 saturated carbocycles. The summed E-state index contributed by atoms with van der Waals surface area (Å²) in [6.07, 6.45) is 5.11. The van der Waals surface area contributed by atoms with E-state index in [2.05, 4.69) is 24.4 Å². The first-order valence-corrected chi connectivity index (χ1v) is 9.95. The van der Waals surface area contributed by atoms with Crippen molar-refractivity contribution in [3.63, 3.8) is 0 Å². The summed E-state index contributed by atoms with van der Waals surface area (Å²) in [4.78, 5) is 0. The monoisotopic (exact) mass is 411 g/mol. The molecule has 150 valence electrons. The van der Waals surface area contributed by atoms with Gasteiger partial charge in [0.1, 0.15) is 6.61 Å². The molecule has 0 bridgehead atoms. The van der Waals surface area contributed by atoms with E-state index in [0.717, 1.165) is 30.2 Å². The first-order chi connectivity index (χ1) is 12.7. The predicted octanol–water partition coefficient (Wildman–Crippen LogP) is 6.41. The van der Waals surface area contributed by atoms with Crippen LogP contribution in [0, 0.1) is 0 Å². The van der Waals surface area contributed by atoms with Crippen LogP contribution in [0.5, 0.6) is 11.5 Å². The molecule has 0 aliphatic carbocycles. The van der Waals surface area contributed by atoms with Gasteiger partial charge in [0.2, 0.25) is 0 Å². The van der Waals surface area contributed by atoms with Gasteiger partial charge in [-0.2, -0.15) is 0 Å². The van der Waals surface area contributed by atoms with Gasteiger partial charge in [0.05, 0.1) is 6.61 Å². The molecule has 0 aliphatic heterocycles. The Balaban J connectivity index is 0.00000364. The molecule has 2 rings (SSSR count). The SMILES string of the molecule is CCCCCCNCc1ccc(OCc2ccccc2Cl)c(OCC)c1.Cl. The molecule has 0 unspecified atom stereocenters. The number of benzene rings is 2. The van der Waals surface area contributed by atoms with Crippen molar-refractivity contribution in [3.8, 4) is 11.5 Å². The minimum absolute atomic E-state index is 0. The van der Waals surface area contributed by atoms with E-state index in [1.165, 1.54) is 31.2 Å². The molecule has 0 saturated heterocycles. The molecule has 2 aromatic carbocycles. The Morgan fingerprint density at radius 1 is 0.926 bits per heavy atom. The molecule has 0 amide bonds. The van der Waals surface area contributed by atoms with Gasteiger partial charge in [-0.05, 0) is 43.7 Å². The van der Waals surface area contributed by atoms with Crippen LogP contribution in [0.1, 0.15) is 50.7 Å². The molecule has 0 radical (unpaired) electrons. The van der Waals surface area contributed by atoms with Crippen LogP contribution in [0.2, 0.25) is 5.02 Å². The number of hydrogen-bond acceptors (Lipinski definition) is 3. The number of rotatable bonds is 12. The van der Waals surface area contributed by atoms with E-state index >= 15 is 0 Å². The molecule has 2 aromatic rings. The van der Waals surface area contributed by atoms with Crippen molar-refractivity contribution in [2.24, 2.45) is 0 Å². The second-order valence-corrected chi connectivity index (χ2v) is 6.74. The summed E-state index contributed by atoms with van der Waals surface area (Å²) >= 11 is 6.20. The molecule has 5 heteroatoms. The van der Waals surface area contributed by atoms with Crippen molar-refractivity contribution in [1.29, 1.82) is 0 Å². The molecule has 0 atom stereocenters. The summed E-state index contributed by atoms with van der Waals surface area (Å²) in [7, 11) is 0. The highest BCUT2D eigenvalue weighted by Gasteiger charge is 2.08. The van der Waals surface area contributed by atoms with Crippen LogP contribution >= 0.6 is 24.0 Å². The van der Waals surface area contributed by atoms with E-state index in [9.17, 15) is 0 Å². The Bertz CT molecular complexity index is 665. The van der Waals surface area contributed by atoms with E-state index in [4.69, 9.17) is 21.1 Å². The zero-order valence-electron chi connectivity index (χ0n) is 16.3. The van der Waals surface area contributed by atoms with Crippen LogP contribution in [0.3, 0.4) is 0 Å². The van der Waals surface area contributed by atoms with Crippen molar-refractivity contribution in [3.05, 3.63) is 58.6 Å². The fourth-order valence-corrected chi connectivity index (χ4v) is 2.92. The van der Waals surface area contributed by atoms with E-state index in [0.29, 0.717) is 18.2 Å². The summed E-state index contributed by atoms with van der Waals surface area (Å²) in [5.41, 5.74) is 2.17. The minimum Gasteiger partial charge on any atom is -0.490 e. The van der Waals surface area contributed by atoms with Crippen LogP contribution < -0.4 is 14.8 Å². The molecule has 0 aromatic heterocycles. The highest BCUT2D eigenvalue weighted by atomic mass is 35.5. The largest absolute Gasteiger partial charge is 0.490 e. The Labute approximate surface area is 174 Å². The third-order valence-corrected chi connectivity index (χ3v) is 4.55. The van der Waals surface area contributed by atoms with E-state index in [-0.39, 0.29) is 12.4 Å². The topological polar surface area (TPSA) is 30.5 Å². The van der Waals surface area contributed by atoms with Crippen molar-refractivity contribution in [1.82, 2.24) is 5.32 Å². The second kappa shape index (κ2) is 13.7. The summed E-state index contributed by atoms with van der Waals surface area (Å²) in [5, 5.41) is 4.22. The van der Waals surface area contributed by atoms with Gasteiger partial charge < -0.3 is 14.8 Å². The lowest BCUT2D eigenvalue weighted by atomic mass is 10.2. The zero-order chi connectivity index (χ0) is 18.6. The highest BCUT2D eigenvalue weighted by Crippen LogP contribution is 2.30. The molecule has 1 N–H and O–H groups in total. The highest BCUT2D eigenvalue weighted by molar-refractivity contribution is 6.31. The average molecular weight is 412 g/mol. The van der Waals surface area contributed by atoms with E-state index in [1.54, 1.807) is 0 Å². The van der Waals surface area contributed by atoms with Crippen LogP contribution in [0.4, 0.5) is 0 Å². The van der Waals surface area contributed by atoms with Gasteiger partial charge >= 0.3 is 0 Å². The number of nitrogens with one attached hydrogen (secondary N) is 1. The normalized spacial score (nSPS) is 10.3. The van der Waals surface area contributed by atoms with Crippen LogP contribution in [0.25, 0.3) is 0 Å². The lowest BCUT2D eigenvalue weighted by Gasteiger charge is -2.14. The molecular weight excluding hydrogens is 381 g/mol. The predicted molar refractivity (Wildman–Crippen MR) is 116 cm³/mol. The van der Waals surface area contributed by atoms with Crippen LogP contribution in [-0.2, 0) is 13.2 Å². The number of hydrogen-bond donors (Lipinski definition) is 1. The molecule has 0 spiro atoms. The van der Waals surface area contributed by atoms with Gasteiger partial charge in [-0.25, -0.2) is 0 Å². The number of unbranched alkanes of at least 4 members (excludes halogenated alkanes) is 3. The third kappa shape index (κ3) is 8.42. The summed E-state index contributed by atoms with van der Waals surface area (Å²) < 4.78 is 11.7. The van der Waals surface area contributed by atoms with Gasteiger partial charge in [-0.1, -0.05) is 62.1 Å². The first kappa shape index (κ1) is 23.6. The van der Waals surface area contributed by atoms with Gasteiger partial charge in [0, 0.05) is 17.1 Å². The zero-order valence-corrected chi connectivity index (χ0v) is 17.9. The Morgan fingerprint density at radius 3 is 2.48 bits per heavy atom.